The Balaban J connectivity index is 2.19. The van der Waals surface area contributed by atoms with Crippen molar-refractivity contribution in [1.29, 1.82) is 0 Å². The lowest BCUT2D eigenvalue weighted by Crippen LogP contribution is -1.96. The zero-order valence-electron chi connectivity index (χ0n) is 9.03. The third-order valence-corrected chi connectivity index (χ3v) is 3.72. The number of aromatic amines is 1. The van der Waals surface area contributed by atoms with Gasteiger partial charge in [-0.3, -0.25) is 0 Å². The van der Waals surface area contributed by atoms with Crippen molar-refractivity contribution in [3.05, 3.63) is 28.8 Å². The van der Waals surface area contributed by atoms with E-state index in [1.54, 1.807) is 12.1 Å². The Bertz CT molecular complexity index is 599. The van der Waals surface area contributed by atoms with E-state index in [9.17, 15) is 4.39 Å². The van der Waals surface area contributed by atoms with Crippen molar-refractivity contribution in [3.8, 4) is 0 Å². The molecule has 0 aliphatic heterocycles. The van der Waals surface area contributed by atoms with Gasteiger partial charge in [0.25, 0.3) is 0 Å². The van der Waals surface area contributed by atoms with Gasteiger partial charge in [0.2, 0.25) is 0 Å². The Morgan fingerprint density at radius 2 is 2.38 bits per heavy atom. The first-order chi connectivity index (χ1) is 7.70. The quantitative estimate of drug-likeness (QED) is 0.786. The van der Waals surface area contributed by atoms with Crippen molar-refractivity contribution >= 4 is 23.3 Å². The molecule has 1 aliphatic carbocycles. The largest absolute Gasteiger partial charge is 0.331 e. The first-order valence-electron chi connectivity index (χ1n) is 5.60. The molecule has 0 amide bonds. The smallest absolute Gasteiger partial charge is 0.178 e. The van der Waals surface area contributed by atoms with Crippen LogP contribution in [0.2, 0.25) is 0 Å². The molecule has 1 fully saturated rings. The highest BCUT2D eigenvalue weighted by molar-refractivity contribution is 7.71. The molecule has 2 nitrogen and oxygen atoms in total. The number of rotatable bonds is 2. The minimum atomic E-state index is -0.205. The maximum absolute atomic E-state index is 13.2. The molecule has 2 aromatic rings. The predicted octanol–water partition coefficient (Wildman–Crippen LogP) is 3.81. The molecule has 1 N–H and O–H groups in total. The molecule has 3 rings (SSSR count). The number of fused-ring (bicyclic) bond motifs is 1. The summed E-state index contributed by atoms with van der Waals surface area (Å²) in [5.41, 5.74) is 1.82. The summed E-state index contributed by atoms with van der Waals surface area (Å²) in [7, 11) is 0. The van der Waals surface area contributed by atoms with E-state index in [-0.39, 0.29) is 5.82 Å². The molecule has 16 heavy (non-hydrogen) atoms. The number of nitrogens with one attached hydrogen (secondary N) is 1. The molecule has 84 valence electrons. The van der Waals surface area contributed by atoms with Gasteiger partial charge in [0, 0.05) is 6.04 Å². The van der Waals surface area contributed by atoms with E-state index in [0.29, 0.717) is 16.7 Å². The predicted molar refractivity (Wildman–Crippen MR) is 64.5 cm³/mol. The lowest BCUT2D eigenvalue weighted by atomic mass is 10.3. The van der Waals surface area contributed by atoms with Gasteiger partial charge in [-0.25, -0.2) is 4.39 Å². The fourth-order valence-electron chi connectivity index (χ4n) is 2.41. The van der Waals surface area contributed by atoms with Gasteiger partial charge in [-0.1, -0.05) is 13.3 Å². The van der Waals surface area contributed by atoms with Crippen LogP contribution in [-0.2, 0) is 0 Å². The van der Waals surface area contributed by atoms with Crippen LogP contribution in [0.4, 0.5) is 4.39 Å². The van der Waals surface area contributed by atoms with Gasteiger partial charge < -0.3 is 9.55 Å². The van der Waals surface area contributed by atoms with Gasteiger partial charge in [-0.2, -0.15) is 0 Å². The number of hydrogen-bond acceptors (Lipinski definition) is 1. The number of imidazole rings is 1. The lowest BCUT2D eigenvalue weighted by Gasteiger charge is -2.02. The van der Waals surface area contributed by atoms with E-state index in [4.69, 9.17) is 12.2 Å². The van der Waals surface area contributed by atoms with E-state index < -0.39 is 0 Å². The van der Waals surface area contributed by atoms with Crippen LogP contribution >= 0.6 is 12.2 Å². The molecule has 1 heterocycles. The van der Waals surface area contributed by atoms with Crippen LogP contribution in [0.5, 0.6) is 0 Å². The molecule has 0 spiro atoms. The van der Waals surface area contributed by atoms with Crippen LogP contribution in [0.3, 0.4) is 0 Å². The normalized spacial score (nSPS) is 23.9. The summed E-state index contributed by atoms with van der Waals surface area (Å²) < 4.78 is 16.0. The number of benzene rings is 1. The minimum absolute atomic E-state index is 0.205. The summed E-state index contributed by atoms with van der Waals surface area (Å²) in [6.07, 6.45) is 2.32. The third-order valence-electron chi connectivity index (χ3n) is 3.42. The van der Waals surface area contributed by atoms with Crippen molar-refractivity contribution in [2.24, 2.45) is 5.92 Å². The number of aromatic nitrogens is 2. The molecule has 0 bridgehead atoms. The zero-order chi connectivity index (χ0) is 11.3. The Morgan fingerprint density at radius 1 is 1.56 bits per heavy atom. The summed E-state index contributed by atoms with van der Waals surface area (Å²) in [6, 6.07) is 5.24. The Labute approximate surface area is 98.1 Å². The van der Waals surface area contributed by atoms with Gasteiger partial charge in [0.1, 0.15) is 5.82 Å². The van der Waals surface area contributed by atoms with E-state index in [1.165, 1.54) is 6.07 Å². The Morgan fingerprint density at radius 3 is 3.06 bits per heavy atom. The van der Waals surface area contributed by atoms with Crippen LogP contribution in [0, 0.1) is 16.5 Å². The first kappa shape index (κ1) is 10.0. The molecule has 1 saturated carbocycles. The number of nitrogens with zero attached hydrogens (tertiary/aromatic N) is 1. The lowest BCUT2D eigenvalue weighted by molar-refractivity contribution is 0.623. The maximum atomic E-state index is 13.2. The van der Waals surface area contributed by atoms with Crippen LogP contribution in [0.15, 0.2) is 18.2 Å². The summed E-state index contributed by atoms with van der Waals surface area (Å²) in [5, 5.41) is 0. The van der Waals surface area contributed by atoms with Crippen molar-refractivity contribution in [1.82, 2.24) is 9.55 Å². The van der Waals surface area contributed by atoms with Gasteiger partial charge >= 0.3 is 0 Å². The average Bonchev–Trinajstić information content (AvgIpc) is 2.95. The van der Waals surface area contributed by atoms with E-state index in [1.807, 2.05) is 0 Å². The SMILES string of the molecule is CCC1CC1n1c(=S)[nH]c2ccc(F)cc21. The number of halogens is 1. The second-order valence-corrected chi connectivity index (χ2v) is 4.82. The molecule has 1 aromatic heterocycles. The van der Waals surface area contributed by atoms with Gasteiger partial charge in [-0.15, -0.1) is 0 Å². The highest BCUT2D eigenvalue weighted by Gasteiger charge is 2.38. The summed E-state index contributed by atoms with van der Waals surface area (Å²) in [4.78, 5) is 3.13. The monoisotopic (exact) mass is 236 g/mol. The third kappa shape index (κ3) is 1.40. The van der Waals surface area contributed by atoms with Crippen LogP contribution in [0.25, 0.3) is 11.0 Å². The minimum Gasteiger partial charge on any atom is -0.331 e. The van der Waals surface area contributed by atoms with Gasteiger partial charge in [0.05, 0.1) is 11.0 Å². The van der Waals surface area contributed by atoms with Gasteiger partial charge in [-0.05, 0) is 42.8 Å². The Hall–Kier alpha value is -1.16. The summed E-state index contributed by atoms with van der Waals surface area (Å²) in [6.45, 7) is 2.18. The van der Waals surface area contributed by atoms with Crippen LogP contribution in [0.1, 0.15) is 25.8 Å². The second-order valence-electron chi connectivity index (χ2n) is 4.43. The molecular weight excluding hydrogens is 223 g/mol. The second kappa shape index (κ2) is 3.42. The highest BCUT2D eigenvalue weighted by Crippen LogP contribution is 2.47. The Kier molecular flexibility index (Phi) is 2.14. The van der Waals surface area contributed by atoms with Crippen molar-refractivity contribution < 1.29 is 4.39 Å². The summed E-state index contributed by atoms with van der Waals surface area (Å²) >= 11 is 5.30. The molecule has 0 saturated heterocycles. The maximum Gasteiger partial charge on any atom is 0.178 e. The summed E-state index contributed by atoms with van der Waals surface area (Å²) in [5.74, 6) is 0.498. The molecule has 4 heteroatoms. The van der Waals surface area contributed by atoms with Crippen molar-refractivity contribution in [2.45, 2.75) is 25.8 Å². The number of H-pyrrole nitrogens is 1. The fourth-order valence-corrected chi connectivity index (χ4v) is 2.75. The number of hydrogen-bond donors (Lipinski definition) is 1. The first-order valence-corrected chi connectivity index (χ1v) is 6.01. The standard InChI is InChI=1S/C12H13FN2S/c1-2-7-5-10(7)15-11-6-8(13)3-4-9(11)14-12(15)16/h3-4,6-7,10H,2,5H2,1H3,(H,14,16). The van der Waals surface area contributed by atoms with E-state index in [0.717, 1.165) is 23.9 Å². The van der Waals surface area contributed by atoms with E-state index >= 15 is 0 Å². The average molecular weight is 236 g/mol. The topological polar surface area (TPSA) is 20.7 Å². The molecule has 2 unspecified atom stereocenters. The molecular formula is C12H13FN2S. The van der Waals surface area contributed by atoms with Crippen molar-refractivity contribution in [2.75, 3.05) is 0 Å². The van der Waals surface area contributed by atoms with Gasteiger partial charge in [0.15, 0.2) is 4.77 Å². The molecule has 0 radical (unpaired) electrons. The molecule has 2 atom stereocenters. The fraction of sp³-hybridized carbons (Fsp3) is 0.417. The highest BCUT2D eigenvalue weighted by atomic mass is 32.1. The molecule has 1 aliphatic rings. The molecule has 1 aromatic carbocycles. The van der Waals surface area contributed by atoms with Crippen LogP contribution < -0.4 is 0 Å². The van der Waals surface area contributed by atoms with Crippen molar-refractivity contribution in [3.63, 3.8) is 0 Å². The van der Waals surface area contributed by atoms with E-state index in [2.05, 4.69) is 16.5 Å². The van der Waals surface area contributed by atoms with Crippen LogP contribution in [-0.4, -0.2) is 9.55 Å². The zero-order valence-corrected chi connectivity index (χ0v) is 9.85.